The van der Waals surface area contributed by atoms with Gasteiger partial charge in [0.2, 0.25) is 0 Å². The summed E-state index contributed by atoms with van der Waals surface area (Å²) in [6.07, 6.45) is 1.76. The van der Waals surface area contributed by atoms with Crippen molar-refractivity contribution in [3.8, 4) is 0 Å². The summed E-state index contributed by atoms with van der Waals surface area (Å²) in [5, 5.41) is 1.29. The second kappa shape index (κ2) is 6.15. The summed E-state index contributed by atoms with van der Waals surface area (Å²) < 4.78 is 0. The minimum atomic E-state index is -0.479. The molecular weight excluding hydrogens is 439 g/mol. The van der Waals surface area contributed by atoms with Gasteiger partial charge < -0.3 is 9.80 Å². The lowest BCUT2D eigenvalue weighted by atomic mass is 9.49. The van der Waals surface area contributed by atoms with Crippen LogP contribution >= 0.6 is 34.8 Å². The number of aliphatic imine (C=N–C) groups is 2. The third-order valence-corrected chi connectivity index (χ3v) is 8.34. The second-order valence-corrected chi connectivity index (χ2v) is 10.3. The molecule has 4 aliphatic rings. The van der Waals surface area contributed by atoms with Crippen LogP contribution in [0.1, 0.15) is 17.5 Å². The monoisotopic (exact) mass is 458 g/mol. The minimum absolute atomic E-state index is 0.164. The van der Waals surface area contributed by atoms with Gasteiger partial charge in [0.25, 0.3) is 0 Å². The third-order valence-electron chi connectivity index (χ3n) is 7.41. The summed E-state index contributed by atoms with van der Waals surface area (Å²) in [6.45, 7) is 1.60. The summed E-state index contributed by atoms with van der Waals surface area (Å²) in [7, 11) is 4.22. The molecule has 2 saturated heterocycles. The average molecular weight is 460 g/mol. The predicted molar refractivity (Wildman–Crippen MR) is 124 cm³/mol. The third kappa shape index (κ3) is 2.15. The summed E-state index contributed by atoms with van der Waals surface area (Å²) in [5.41, 5.74) is 3.48. The number of rotatable bonds is 0. The SMILES string of the molecule is CN1C[C@@H](Cl)[C@@]23C(=Nc4ccc(Cl)cc42)N(C)CC[C@@]32Cc3cc(Cl)ccc3N=C12. The number of hydrogen-bond donors (Lipinski definition) is 0. The second-order valence-electron chi connectivity index (χ2n) is 8.89. The first-order valence-corrected chi connectivity index (χ1v) is 11.4. The van der Waals surface area contributed by atoms with Crippen LogP contribution in [0.4, 0.5) is 11.4 Å². The van der Waals surface area contributed by atoms with Crippen LogP contribution in [-0.4, -0.2) is 54.0 Å². The van der Waals surface area contributed by atoms with Crippen molar-refractivity contribution in [3.63, 3.8) is 0 Å². The zero-order valence-electron chi connectivity index (χ0n) is 16.8. The van der Waals surface area contributed by atoms with Crippen molar-refractivity contribution in [3.05, 3.63) is 57.6 Å². The van der Waals surface area contributed by atoms with Crippen LogP contribution in [0.2, 0.25) is 10.0 Å². The molecule has 0 radical (unpaired) electrons. The zero-order chi connectivity index (χ0) is 20.8. The number of hydrogen-bond acceptors (Lipinski definition) is 4. The maximum absolute atomic E-state index is 7.32. The Morgan fingerprint density at radius 3 is 2.43 bits per heavy atom. The van der Waals surface area contributed by atoms with E-state index < -0.39 is 5.41 Å². The van der Waals surface area contributed by atoms with E-state index in [1.54, 1.807) is 0 Å². The fourth-order valence-electron chi connectivity index (χ4n) is 6.23. The van der Waals surface area contributed by atoms with E-state index >= 15 is 0 Å². The molecule has 7 heteroatoms. The quantitative estimate of drug-likeness (QED) is 0.492. The Morgan fingerprint density at radius 1 is 0.933 bits per heavy atom. The van der Waals surface area contributed by atoms with Crippen LogP contribution < -0.4 is 0 Å². The van der Waals surface area contributed by atoms with Gasteiger partial charge in [-0.15, -0.1) is 11.6 Å². The number of halogens is 3. The fraction of sp³-hybridized carbons (Fsp3) is 0.391. The van der Waals surface area contributed by atoms with E-state index in [2.05, 4.69) is 36.0 Å². The number of nitrogens with zero attached hydrogens (tertiary/aromatic N) is 4. The summed E-state index contributed by atoms with van der Waals surface area (Å²) in [6, 6.07) is 12.0. The standard InChI is InChI=1S/C23H21Cl3N4/c1-29-8-7-22-11-13-9-14(24)3-5-17(13)27-20(22)30(2)12-19(26)23(22)16-10-15(25)4-6-18(16)28-21(23)29/h3-6,9-10,19H,7-8,11-12H2,1-2H3/t19-,22+,23-/m1/s1. The molecule has 2 fully saturated rings. The Labute approximate surface area is 191 Å². The van der Waals surface area contributed by atoms with Gasteiger partial charge in [0.15, 0.2) is 0 Å². The Hall–Kier alpha value is -1.75. The highest BCUT2D eigenvalue weighted by molar-refractivity contribution is 6.32. The number of fused-ring (bicyclic) bond motifs is 2. The van der Waals surface area contributed by atoms with Crippen LogP contribution in [0.25, 0.3) is 0 Å². The first kappa shape index (κ1) is 19.0. The number of amidine groups is 2. The highest BCUT2D eigenvalue weighted by atomic mass is 35.5. The molecule has 0 bridgehead atoms. The van der Waals surface area contributed by atoms with Crippen molar-refractivity contribution < 1.29 is 0 Å². The van der Waals surface area contributed by atoms with Crippen LogP contribution in [0, 0.1) is 5.41 Å². The first-order chi connectivity index (χ1) is 14.4. The molecule has 0 aromatic heterocycles. The largest absolute Gasteiger partial charge is 0.362 e. The predicted octanol–water partition coefficient (Wildman–Crippen LogP) is 5.44. The van der Waals surface area contributed by atoms with E-state index in [1.807, 2.05) is 24.3 Å². The average Bonchev–Trinajstić information content (AvgIpc) is 3.06. The van der Waals surface area contributed by atoms with Crippen molar-refractivity contribution in [2.45, 2.75) is 23.6 Å². The molecule has 6 rings (SSSR count). The highest BCUT2D eigenvalue weighted by Gasteiger charge is 2.70. The van der Waals surface area contributed by atoms with Gasteiger partial charge in [-0.3, -0.25) is 0 Å². The lowest BCUT2D eigenvalue weighted by Crippen LogP contribution is -2.74. The minimum Gasteiger partial charge on any atom is -0.362 e. The molecule has 30 heavy (non-hydrogen) atoms. The summed E-state index contributed by atoms with van der Waals surface area (Å²) in [4.78, 5) is 14.8. The van der Waals surface area contributed by atoms with Crippen molar-refractivity contribution in [2.24, 2.45) is 15.4 Å². The molecule has 4 nitrogen and oxygen atoms in total. The van der Waals surface area contributed by atoms with E-state index in [0.29, 0.717) is 11.6 Å². The molecular formula is C23H21Cl3N4. The lowest BCUT2D eigenvalue weighted by Gasteiger charge is -2.62. The van der Waals surface area contributed by atoms with Crippen molar-refractivity contribution >= 4 is 57.8 Å². The van der Waals surface area contributed by atoms with Gasteiger partial charge in [-0.2, -0.15) is 0 Å². The van der Waals surface area contributed by atoms with Crippen LogP contribution in [0.3, 0.4) is 0 Å². The van der Waals surface area contributed by atoms with Crippen LogP contribution in [0.5, 0.6) is 0 Å². The molecule has 0 unspecified atom stereocenters. The molecule has 4 heterocycles. The summed E-state index contributed by atoms with van der Waals surface area (Å²) in [5.74, 6) is 2.14. The lowest BCUT2D eigenvalue weighted by molar-refractivity contribution is 0.127. The molecule has 2 aromatic carbocycles. The maximum atomic E-state index is 7.32. The van der Waals surface area contributed by atoms with Crippen molar-refractivity contribution in [1.82, 2.24) is 9.80 Å². The van der Waals surface area contributed by atoms with Crippen LogP contribution in [-0.2, 0) is 11.8 Å². The number of alkyl halides is 1. The van der Waals surface area contributed by atoms with Gasteiger partial charge >= 0.3 is 0 Å². The highest BCUT2D eigenvalue weighted by Crippen LogP contribution is 2.64. The molecule has 0 N–H and O–H groups in total. The van der Waals surface area contributed by atoms with Gasteiger partial charge in [0.1, 0.15) is 11.7 Å². The zero-order valence-corrected chi connectivity index (χ0v) is 19.1. The van der Waals surface area contributed by atoms with Crippen molar-refractivity contribution in [2.75, 3.05) is 27.2 Å². The molecule has 2 spiro atoms. The van der Waals surface area contributed by atoms with E-state index in [-0.39, 0.29) is 10.8 Å². The van der Waals surface area contributed by atoms with E-state index in [4.69, 9.17) is 44.8 Å². The molecule has 154 valence electrons. The van der Waals surface area contributed by atoms with Gasteiger partial charge in [0.05, 0.1) is 27.6 Å². The number of piperidine rings is 2. The van der Waals surface area contributed by atoms with Gasteiger partial charge in [-0.05, 0) is 60.4 Å². The molecule has 2 aromatic rings. The topological polar surface area (TPSA) is 31.2 Å². The van der Waals surface area contributed by atoms with E-state index in [0.717, 1.165) is 53.0 Å². The molecule has 0 aliphatic carbocycles. The molecule has 3 atom stereocenters. The van der Waals surface area contributed by atoms with Crippen LogP contribution in [0.15, 0.2) is 46.4 Å². The number of likely N-dealkylation sites (tertiary alicyclic amines) is 2. The van der Waals surface area contributed by atoms with E-state index in [9.17, 15) is 0 Å². The van der Waals surface area contributed by atoms with Gasteiger partial charge in [-0.1, -0.05) is 23.2 Å². The van der Waals surface area contributed by atoms with Gasteiger partial charge in [0, 0.05) is 37.2 Å². The van der Waals surface area contributed by atoms with Crippen molar-refractivity contribution in [1.29, 1.82) is 0 Å². The number of benzene rings is 2. The first-order valence-electron chi connectivity index (χ1n) is 10.2. The summed E-state index contributed by atoms with van der Waals surface area (Å²) >= 11 is 20.2. The molecule has 0 saturated carbocycles. The molecule has 4 aliphatic heterocycles. The van der Waals surface area contributed by atoms with E-state index in [1.165, 1.54) is 5.56 Å². The Bertz CT molecular complexity index is 1160. The Morgan fingerprint density at radius 2 is 1.63 bits per heavy atom. The maximum Gasteiger partial charge on any atom is 0.118 e. The van der Waals surface area contributed by atoms with Gasteiger partial charge in [-0.25, -0.2) is 9.98 Å². The number of likely N-dealkylation sites (N-methyl/N-ethyl adjacent to an activating group) is 1. The Kier molecular flexibility index (Phi) is 3.89. The Balaban J connectivity index is 1.69. The fourth-order valence-corrected chi connectivity index (χ4v) is 7.23. The normalized spacial score (nSPS) is 31.2. The molecule has 0 amide bonds. The smallest absolute Gasteiger partial charge is 0.118 e.